The third kappa shape index (κ3) is 5.35. The van der Waals surface area contributed by atoms with Crippen LogP contribution in [0.15, 0.2) is 30.9 Å². The summed E-state index contributed by atoms with van der Waals surface area (Å²) in [6, 6.07) is 3.17. The molecule has 4 heterocycles. The van der Waals surface area contributed by atoms with Crippen LogP contribution in [-0.4, -0.2) is 75.0 Å². The maximum atomic E-state index is 15.2. The number of H-pyrrole nitrogens is 1. The van der Waals surface area contributed by atoms with E-state index in [1.54, 1.807) is 19.3 Å². The Morgan fingerprint density at radius 3 is 2.71 bits per heavy atom. The van der Waals surface area contributed by atoms with E-state index >= 15 is 4.39 Å². The van der Waals surface area contributed by atoms with E-state index in [2.05, 4.69) is 44.9 Å². The van der Waals surface area contributed by atoms with Crippen LogP contribution in [0.5, 0.6) is 0 Å². The molecule has 0 bridgehead atoms. The smallest absolute Gasteiger partial charge is 0.357 e. The molecule has 35 heavy (non-hydrogen) atoms. The molecule has 12 nitrogen and oxygen atoms in total. The van der Waals surface area contributed by atoms with Crippen molar-refractivity contribution < 1.29 is 18.8 Å². The predicted octanol–water partition coefficient (Wildman–Crippen LogP) is 1.66. The number of aromatic amines is 1. The summed E-state index contributed by atoms with van der Waals surface area (Å²) in [5.74, 6) is -0.526. The van der Waals surface area contributed by atoms with Gasteiger partial charge in [-0.25, -0.2) is 29.1 Å². The molecule has 2 N–H and O–H groups in total. The van der Waals surface area contributed by atoms with Crippen molar-refractivity contribution in [2.75, 3.05) is 42.7 Å². The number of rotatable bonds is 8. The average Bonchev–Trinajstić information content (AvgIpc) is 3.40. The Balaban J connectivity index is 1.41. The van der Waals surface area contributed by atoms with E-state index in [1.807, 2.05) is 19.1 Å². The summed E-state index contributed by atoms with van der Waals surface area (Å²) in [6.07, 6.45) is 4.59. The van der Waals surface area contributed by atoms with Crippen LogP contribution in [0.3, 0.4) is 0 Å². The number of anilines is 2. The number of urea groups is 1. The van der Waals surface area contributed by atoms with Crippen LogP contribution in [0.2, 0.25) is 0 Å². The lowest BCUT2D eigenvalue weighted by Crippen LogP contribution is -2.46. The van der Waals surface area contributed by atoms with Crippen molar-refractivity contribution in [3.8, 4) is 11.5 Å². The number of nitrogens with one attached hydrogen (secondary N) is 2. The molecule has 3 aromatic rings. The lowest BCUT2D eigenvalue weighted by molar-refractivity contribution is -0.129. The molecule has 3 aromatic heterocycles. The van der Waals surface area contributed by atoms with Crippen LogP contribution in [-0.2, 0) is 16.2 Å². The number of piperazine rings is 1. The van der Waals surface area contributed by atoms with Gasteiger partial charge in [-0.3, -0.25) is 9.69 Å². The highest BCUT2D eigenvalue weighted by Crippen LogP contribution is 2.24. The molecule has 0 saturated carbocycles. The Morgan fingerprint density at radius 2 is 2.06 bits per heavy atom. The first-order valence-electron chi connectivity index (χ1n) is 11.1. The minimum Gasteiger partial charge on any atom is -0.368 e. The van der Waals surface area contributed by atoms with E-state index in [0.29, 0.717) is 18.2 Å². The summed E-state index contributed by atoms with van der Waals surface area (Å²) in [7, 11) is 0. The zero-order valence-electron chi connectivity index (χ0n) is 19.4. The number of imidazole rings is 1. The normalized spacial score (nSPS) is 14.0. The van der Waals surface area contributed by atoms with Gasteiger partial charge in [-0.2, -0.15) is 0 Å². The second kappa shape index (κ2) is 10.9. The molecular formula is C22H26FN9O3. The van der Waals surface area contributed by atoms with Crippen LogP contribution in [0.25, 0.3) is 11.5 Å². The van der Waals surface area contributed by atoms with Crippen LogP contribution >= 0.6 is 0 Å². The van der Waals surface area contributed by atoms with E-state index in [1.165, 1.54) is 0 Å². The molecule has 1 saturated heterocycles. The maximum Gasteiger partial charge on any atom is 0.357 e. The number of nitrogens with zero attached hydrogens (tertiary/aromatic N) is 7. The second-order valence-electron chi connectivity index (χ2n) is 7.79. The van der Waals surface area contributed by atoms with Crippen LogP contribution < -0.4 is 15.3 Å². The highest BCUT2D eigenvalue weighted by Gasteiger charge is 2.27. The standard InChI is InChI=1S/C22H26FN9O3/c1-3-24-22(34)32(35-14-33)21-19(23)17(27-13-28-21)12-30-8-10-31(11-9-30)18-5-4-16(29-15(18)2)20-25-6-7-26-20/h4-7,13-14H,3,8-12H2,1-2H3,(H,24,34)(H,25,26). The molecule has 0 atom stereocenters. The van der Waals surface area contributed by atoms with Crippen molar-refractivity contribution in [1.82, 2.24) is 35.1 Å². The van der Waals surface area contributed by atoms with Gasteiger partial charge in [0.05, 0.1) is 17.1 Å². The molecule has 4 rings (SSSR count). The number of carbonyl (C=O) groups is 2. The minimum absolute atomic E-state index is 0.0354. The van der Waals surface area contributed by atoms with Gasteiger partial charge in [-0.15, -0.1) is 0 Å². The van der Waals surface area contributed by atoms with Crippen LogP contribution in [0, 0.1) is 12.7 Å². The second-order valence-corrected chi connectivity index (χ2v) is 7.79. The van der Waals surface area contributed by atoms with Crippen molar-refractivity contribution in [2.45, 2.75) is 20.4 Å². The number of hydrogen-bond acceptors (Lipinski definition) is 9. The molecule has 2 amide bonds. The SMILES string of the molecule is CCNC(=O)N(OC=O)c1ncnc(CN2CCN(c3ccc(-c4ncc[nH]4)nc3C)CC2)c1F. The maximum absolute atomic E-state index is 15.2. The van der Waals surface area contributed by atoms with E-state index < -0.39 is 17.7 Å². The lowest BCUT2D eigenvalue weighted by Gasteiger charge is -2.36. The first kappa shape index (κ1) is 24.0. The highest BCUT2D eigenvalue weighted by molar-refractivity contribution is 5.89. The van der Waals surface area contributed by atoms with Crippen LogP contribution in [0.4, 0.5) is 20.7 Å². The number of hydroxylamine groups is 1. The summed E-state index contributed by atoms with van der Waals surface area (Å²) in [5, 5.41) is 2.93. The van der Waals surface area contributed by atoms with Gasteiger partial charge in [0, 0.05) is 51.7 Å². The van der Waals surface area contributed by atoms with Crippen molar-refractivity contribution in [2.24, 2.45) is 0 Å². The van der Waals surface area contributed by atoms with E-state index in [0.717, 1.165) is 42.3 Å². The fourth-order valence-electron chi connectivity index (χ4n) is 3.89. The quantitative estimate of drug-likeness (QED) is 0.362. The monoisotopic (exact) mass is 483 g/mol. The number of halogens is 1. The summed E-state index contributed by atoms with van der Waals surface area (Å²) < 4.78 is 15.2. The molecule has 1 aliphatic heterocycles. The van der Waals surface area contributed by atoms with E-state index in [9.17, 15) is 9.59 Å². The van der Waals surface area contributed by atoms with Gasteiger partial charge in [-0.1, -0.05) is 5.06 Å². The lowest BCUT2D eigenvalue weighted by atomic mass is 10.2. The Kier molecular flexibility index (Phi) is 7.45. The fraction of sp³-hybridized carbons (Fsp3) is 0.364. The van der Waals surface area contributed by atoms with Gasteiger partial charge in [0.15, 0.2) is 11.6 Å². The summed E-state index contributed by atoms with van der Waals surface area (Å²) in [4.78, 5) is 51.7. The Morgan fingerprint density at radius 1 is 1.26 bits per heavy atom. The largest absolute Gasteiger partial charge is 0.368 e. The van der Waals surface area contributed by atoms with Gasteiger partial charge in [-0.05, 0) is 26.0 Å². The molecule has 1 fully saturated rings. The van der Waals surface area contributed by atoms with E-state index in [4.69, 9.17) is 0 Å². The molecule has 0 aliphatic carbocycles. The zero-order chi connectivity index (χ0) is 24.8. The molecule has 0 spiro atoms. The van der Waals surface area contributed by atoms with Gasteiger partial charge in [0.25, 0.3) is 0 Å². The first-order chi connectivity index (χ1) is 17.0. The van der Waals surface area contributed by atoms with E-state index in [-0.39, 0.29) is 25.3 Å². The molecular weight excluding hydrogens is 457 g/mol. The molecule has 13 heteroatoms. The highest BCUT2D eigenvalue weighted by atomic mass is 19.1. The Labute approximate surface area is 201 Å². The molecule has 0 unspecified atom stereocenters. The zero-order valence-corrected chi connectivity index (χ0v) is 19.4. The fourth-order valence-corrected chi connectivity index (χ4v) is 3.89. The molecule has 0 aromatic carbocycles. The van der Waals surface area contributed by atoms with Gasteiger partial charge in [0.2, 0.25) is 5.82 Å². The number of pyridine rings is 1. The van der Waals surface area contributed by atoms with Crippen molar-refractivity contribution in [3.05, 3.63) is 48.1 Å². The molecule has 1 aliphatic rings. The topological polar surface area (TPSA) is 132 Å². The molecule has 184 valence electrons. The summed E-state index contributed by atoms with van der Waals surface area (Å²) >= 11 is 0. The van der Waals surface area contributed by atoms with Gasteiger partial charge >= 0.3 is 12.5 Å². The molecule has 0 radical (unpaired) electrons. The van der Waals surface area contributed by atoms with Crippen LogP contribution in [0.1, 0.15) is 18.3 Å². The minimum atomic E-state index is -0.823. The number of hydrogen-bond donors (Lipinski definition) is 2. The van der Waals surface area contributed by atoms with Crippen molar-refractivity contribution in [3.63, 3.8) is 0 Å². The third-order valence-corrected chi connectivity index (χ3v) is 5.58. The van der Waals surface area contributed by atoms with Crippen molar-refractivity contribution in [1.29, 1.82) is 0 Å². The van der Waals surface area contributed by atoms with Gasteiger partial charge in [0.1, 0.15) is 12.0 Å². The third-order valence-electron chi connectivity index (χ3n) is 5.58. The first-order valence-corrected chi connectivity index (χ1v) is 11.1. The van der Waals surface area contributed by atoms with Gasteiger partial charge < -0.3 is 20.0 Å². The number of aryl methyl sites for hydroxylation is 1. The number of amides is 2. The predicted molar refractivity (Wildman–Crippen MR) is 125 cm³/mol. The Hall–Kier alpha value is -4.13. The number of carbonyl (C=O) groups excluding carboxylic acids is 2. The average molecular weight is 484 g/mol. The Bertz CT molecular complexity index is 1170. The summed E-state index contributed by atoms with van der Waals surface area (Å²) in [5.41, 5.74) is 2.83. The summed E-state index contributed by atoms with van der Waals surface area (Å²) in [6.45, 7) is 6.95. The number of aromatic nitrogens is 5. The van der Waals surface area contributed by atoms with Crippen molar-refractivity contribution >= 4 is 24.0 Å².